The zero-order chi connectivity index (χ0) is 10.8. The Labute approximate surface area is 86.4 Å². The van der Waals surface area contributed by atoms with Gasteiger partial charge in [-0.15, -0.1) is 0 Å². The molecule has 0 rings (SSSR count). The lowest BCUT2D eigenvalue weighted by Gasteiger charge is -2.08. The van der Waals surface area contributed by atoms with Crippen molar-refractivity contribution in [3.63, 3.8) is 0 Å². The Morgan fingerprint density at radius 3 is 2.50 bits per heavy atom. The van der Waals surface area contributed by atoms with Crippen LogP contribution < -0.4 is 10.6 Å². The summed E-state index contributed by atoms with van der Waals surface area (Å²) in [6.07, 6.45) is 0. The molecule has 0 fully saturated rings. The Morgan fingerprint density at radius 1 is 1.29 bits per heavy atom. The number of hydrogen-bond donors (Lipinski definition) is 2. The molecule has 0 aliphatic heterocycles. The van der Waals surface area contributed by atoms with Crippen LogP contribution in [0.1, 0.15) is 20.8 Å². The highest BCUT2D eigenvalue weighted by molar-refractivity contribution is 5.77. The fourth-order valence-corrected chi connectivity index (χ4v) is 0.874. The van der Waals surface area contributed by atoms with Gasteiger partial charge in [0.15, 0.2) is 0 Å². The van der Waals surface area contributed by atoms with Crippen LogP contribution in [0.2, 0.25) is 0 Å². The predicted octanol–water partition coefficient (Wildman–Crippen LogP) is 0.385. The number of amides is 1. The van der Waals surface area contributed by atoms with Gasteiger partial charge in [0, 0.05) is 19.0 Å². The highest BCUT2D eigenvalue weighted by Crippen LogP contribution is 1.89. The number of rotatable bonds is 8. The molecule has 0 aliphatic carbocycles. The van der Waals surface area contributed by atoms with Crippen LogP contribution in [0.15, 0.2) is 0 Å². The summed E-state index contributed by atoms with van der Waals surface area (Å²) in [4.78, 5) is 11.1. The molecule has 84 valence electrons. The number of hydrogen-bond acceptors (Lipinski definition) is 3. The highest BCUT2D eigenvalue weighted by Gasteiger charge is 2.04. The van der Waals surface area contributed by atoms with Gasteiger partial charge in [0.1, 0.15) is 0 Å². The van der Waals surface area contributed by atoms with Crippen LogP contribution in [0.3, 0.4) is 0 Å². The second-order valence-corrected chi connectivity index (χ2v) is 3.41. The Morgan fingerprint density at radius 2 is 1.93 bits per heavy atom. The van der Waals surface area contributed by atoms with E-state index in [4.69, 9.17) is 4.74 Å². The molecule has 4 nitrogen and oxygen atoms in total. The van der Waals surface area contributed by atoms with Gasteiger partial charge >= 0.3 is 0 Å². The molecule has 0 spiro atoms. The van der Waals surface area contributed by atoms with Gasteiger partial charge in [0.05, 0.1) is 13.2 Å². The fraction of sp³-hybridized carbons (Fsp3) is 0.900. The van der Waals surface area contributed by atoms with Crippen molar-refractivity contribution in [2.45, 2.75) is 20.8 Å². The Balaban J connectivity index is 3.10. The van der Waals surface area contributed by atoms with Crippen LogP contribution >= 0.6 is 0 Å². The van der Waals surface area contributed by atoms with E-state index in [0.29, 0.717) is 19.8 Å². The van der Waals surface area contributed by atoms with Gasteiger partial charge in [0.25, 0.3) is 0 Å². The van der Waals surface area contributed by atoms with Crippen molar-refractivity contribution in [1.82, 2.24) is 10.6 Å². The van der Waals surface area contributed by atoms with Gasteiger partial charge in [-0.2, -0.15) is 0 Å². The third-order valence-corrected chi connectivity index (χ3v) is 1.74. The van der Waals surface area contributed by atoms with Crippen LogP contribution in [0.4, 0.5) is 0 Å². The molecule has 2 N–H and O–H groups in total. The molecule has 0 aromatic rings. The standard InChI is InChI=1S/C10H22N2O2/c1-4-11-5-7-14-8-6-12-10(13)9(2)3/h9,11H,4-8H2,1-3H3,(H,12,13). The zero-order valence-electron chi connectivity index (χ0n) is 9.43. The molecule has 0 saturated heterocycles. The third-order valence-electron chi connectivity index (χ3n) is 1.74. The maximum absolute atomic E-state index is 11.1. The maximum Gasteiger partial charge on any atom is 0.222 e. The van der Waals surface area contributed by atoms with Crippen LogP contribution in [-0.2, 0) is 9.53 Å². The molecule has 0 aromatic heterocycles. The highest BCUT2D eigenvalue weighted by atomic mass is 16.5. The first-order valence-corrected chi connectivity index (χ1v) is 5.24. The second kappa shape index (κ2) is 8.97. The predicted molar refractivity (Wildman–Crippen MR) is 57.2 cm³/mol. The minimum atomic E-state index is 0.0526. The SMILES string of the molecule is CCNCCOCCNC(=O)C(C)C. The van der Waals surface area contributed by atoms with Crippen molar-refractivity contribution >= 4 is 5.91 Å². The number of likely N-dealkylation sites (N-methyl/N-ethyl adjacent to an activating group) is 1. The summed E-state index contributed by atoms with van der Waals surface area (Å²) >= 11 is 0. The van der Waals surface area contributed by atoms with Crippen LogP contribution in [-0.4, -0.2) is 38.8 Å². The molecule has 0 heterocycles. The molecular weight excluding hydrogens is 180 g/mol. The van der Waals surface area contributed by atoms with Crippen LogP contribution in [0, 0.1) is 5.92 Å². The Bertz CT molecular complexity index is 149. The summed E-state index contributed by atoms with van der Waals surface area (Å²) in [6, 6.07) is 0. The first-order valence-electron chi connectivity index (χ1n) is 5.24. The number of nitrogens with one attached hydrogen (secondary N) is 2. The van der Waals surface area contributed by atoms with Gasteiger partial charge in [-0.25, -0.2) is 0 Å². The lowest BCUT2D eigenvalue weighted by Crippen LogP contribution is -2.31. The van der Waals surface area contributed by atoms with Crippen molar-refractivity contribution in [3.05, 3.63) is 0 Å². The molecule has 1 amide bonds. The average molecular weight is 202 g/mol. The van der Waals surface area contributed by atoms with E-state index in [1.165, 1.54) is 0 Å². The third kappa shape index (κ3) is 8.01. The van der Waals surface area contributed by atoms with E-state index in [1.807, 2.05) is 13.8 Å². The molecule has 0 atom stereocenters. The normalized spacial score (nSPS) is 10.6. The van der Waals surface area contributed by atoms with Gasteiger partial charge in [-0.3, -0.25) is 4.79 Å². The molecule has 0 aliphatic rings. The largest absolute Gasteiger partial charge is 0.378 e. The second-order valence-electron chi connectivity index (χ2n) is 3.41. The zero-order valence-corrected chi connectivity index (χ0v) is 9.43. The quantitative estimate of drug-likeness (QED) is 0.560. The molecule has 0 aromatic carbocycles. The minimum Gasteiger partial charge on any atom is -0.378 e. The monoisotopic (exact) mass is 202 g/mol. The van der Waals surface area contributed by atoms with E-state index < -0.39 is 0 Å². The number of ether oxygens (including phenoxy) is 1. The fourth-order valence-electron chi connectivity index (χ4n) is 0.874. The van der Waals surface area contributed by atoms with E-state index in [2.05, 4.69) is 17.6 Å². The summed E-state index contributed by atoms with van der Waals surface area (Å²) in [5.41, 5.74) is 0. The molecule has 0 unspecified atom stereocenters. The van der Waals surface area contributed by atoms with Crippen molar-refractivity contribution in [2.24, 2.45) is 5.92 Å². The lowest BCUT2D eigenvalue weighted by molar-refractivity contribution is -0.124. The van der Waals surface area contributed by atoms with E-state index in [1.54, 1.807) is 0 Å². The molecule has 4 heteroatoms. The van der Waals surface area contributed by atoms with Crippen molar-refractivity contribution < 1.29 is 9.53 Å². The minimum absolute atomic E-state index is 0.0526. The van der Waals surface area contributed by atoms with Gasteiger partial charge < -0.3 is 15.4 Å². The molecular formula is C10H22N2O2. The first kappa shape index (κ1) is 13.4. The van der Waals surface area contributed by atoms with Crippen LogP contribution in [0.5, 0.6) is 0 Å². The topological polar surface area (TPSA) is 50.4 Å². The van der Waals surface area contributed by atoms with E-state index in [0.717, 1.165) is 13.1 Å². The molecule has 0 saturated carbocycles. The summed E-state index contributed by atoms with van der Waals surface area (Å²) < 4.78 is 5.29. The first-order chi connectivity index (χ1) is 6.68. The molecule has 0 radical (unpaired) electrons. The summed E-state index contributed by atoms with van der Waals surface area (Å²) in [5, 5.41) is 5.94. The van der Waals surface area contributed by atoms with Crippen LogP contribution in [0.25, 0.3) is 0 Å². The summed E-state index contributed by atoms with van der Waals surface area (Å²) in [6.45, 7) is 9.53. The molecule has 0 bridgehead atoms. The number of carbonyl (C=O) groups excluding carboxylic acids is 1. The number of carbonyl (C=O) groups is 1. The van der Waals surface area contributed by atoms with E-state index in [9.17, 15) is 4.79 Å². The summed E-state index contributed by atoms with van der Waals surface area (Å²) in [7, 11) is 0. The summed E-state index contributed by atoms with van der Waals surface area (Å²) in [5.74, 6) is 0.136. The molecule has 14 heavy (non-hydrogen) atoms. The van der Waals surface area contributed by atoms with E-state index >= 15 is 0 Å². The average Bonchev–Trinajstić information content (AvgIpc) is 2.16. The van der Waals surface area contributed by atoms with Gasteiger partial charge in [-0.05, 0) is 6.54 Å². The van der Waals surface area contributed by atoms with Gasteiger partial charge in [-0.1, -0.05) is 20.8 Å². The van der Waals surface area contributed by atoms with Crippen molar-refractivity contribution in [1.29, 1.82) is 0 Å². The van der Waals surface area contributed by atoms with E-state index in [-0.39, 0.29) is 11.8 Å². The van der Waals surface area contributed by atoms with Gasteiger partial charge in [0.2, 0.25) is 5.91 Å². The van der Waals surface area contributed by atoms with Crippen molar-refractivity contribution in [2.75, 3.05) is 32.8 Å². The Hall–Kier alpha value is -0.610. The Kier molecular flexibility index (Phi) is 8.57. The maximum atomic E-state index is 11.1. The lowest BCUT2D eigenvalue weighted by atomic mass is 10.2. The smallest absolute Gasteiger partial charge is 0.222 e. The van der Waals surface area contributed by atoms with Crippen molar-refractivity contribution in [3.8, 4) is 0 Å².